The van der Waals surface area contributed by atoms with Gasteiger partial charge in [-0.15, -0.1) is 0 Å². The third kappa shape index (κ3) is 9.62. The minimum Gasteiger partial charge on any atom is -0.493 e. The maximum absolute atomic E-state index is 13.3. The van der Waals surface area contributed by atoms with Gasteiger partial charge in [0.05, 0.1) is 13.2 Å². The van der Waals surface area contributed by atoms with E-state index in [0.29, 0.717) is 17.7 Å². The molecule has 0 radical (unpaired) electrons. The van der Waals surface area contributed by atoms with Gasteiger partial charge in [0.1, 0.15) is 11.5 Å². The zero-order chi connectivity index (χ0) is 26.3. The molecule has 0 fully saturated rings. The van der Waals surface area contributed by atoms with Crippen molar-refractivity contribution in [3.05, 3.63) is 71.4 Å². The number of para-hydroxylation sites is 1. The van der Waals surface area contributed by atoms with Crippen LogP contribution >= 0.6 is 0 Å². The van der Waals surface area contributed by atoms with Gasteiger partial charge in [0.2, 0.25) is 0 Å². The number of carboxylic acid groups (broad SMARTS) is 1. The van der Waals surface area contributed by atoms with E-state index in [-0.39, 0.29) is 18.9 Å². The summed E-state index contributed by atoms with van der Waals surface area (Å²) in [4.78, 5) is 23.1. The number of hydrogen-bond donors (Lipinski definition) is 4. The number of ether oxygens (including phenoxy) is 1. The van der Waals surface area contributed by atoms with E-state index in [2.05, 4.69) is 6.92 Å². The highest BCUT2D eigenvalue weighted by Crippen LogP contribution is 2.25. The molecule has 1 amide bonds. The Morgan fingerprint density at radius 2 is 1.69 bits per heavy atom. The fourth-order valence-electron chi connectivity index (χ4n) is 3.36. The second-order valence-corrected chi connectivity index (χ2v) is 8.35. The number of benzene rings is 2. The predicted molar refractivity (Wildman–Crippen MR) is 138 cm³/mol. The number of nitrogens with one attached hydrogen (secondary N) is 1. The first kappa shape index (κ1) is 29.4. The topological polar surface area (TPSA) is 137 Å². The number of nitrogens with two attached hydrogens (primary N) is 1. The third-order valence-electron chi connectivity index (χ3n) is 5.26. The van der Waals surface area contributed by atoms with Crippen LogP contribution in [0.5, 0.6) is 5.75 Å². The smallest absolute Gasteiger partial charge is 0.290 e. The van der Waals surface area contributed by atoms with E-state index in [1.807, 2.05) is 24.3 Å². The Hall–Kier alpha value is -3.65. The zero-order valence-electron chi connectivity index (χ0n) is 20.7. The highest BCUT2D eigenvalue weighted by Gasteiger charge is 2.30. The van der Waals surface area contributed by atoms with Gasteiger partial charge in [0.25, 0.3) is 12.4 Å². The van der Waals surface area contributed by atoms with Crippen LogP contribution in [0.4, 0.5) is 0 Å². The number of rotatable bonds is 12. The molecule has 8 heteroatoms. The highest BCUT2D eigenvalue weighted by atomic mass is 16.5. The number of amides is 1. The van der Waals surface area contributed by atoms with Crippen LogP contribution in [0.3, 0.4) is 0 Å². The molecule has 0 atom stereocenters. The Labute approximate surface area is 207 Å². The molecular formula is C27H37N3O5. The number of allylic oxidation sites excluding steroid dienone is 1. The van der Waals surface area contributed by atoms with Crippen LogP contribution in [-0.4, -0.2) is 46.0 Å². The molecule has 0 aliphatic heterocycles. The van der Waals surface area contributed by atoms with Crippen LogP contribution < -0.4 is 10.5 Å². The molecule has 0 heterocycles. The van der Waals surface area contributed by atoms with Gasteiger partial charge in [-0.1, -0.05) is 56.5 Å². The maximum atomic E-state index is 13.3. The second-order valence-electron chi connectivity index (χ2n) is 8.35. The van der Waals surface area contributed by atoms with Crippen molar-refractivity contribution in [1.29, 1.82) is 5.41 Å². The first-order valence-electron chi connectivity index (χ1n) is 11.6. The average Bonchev–Trinajstić information content (AvgIpc) is 2.84. The summed E-state index contributed by atoms with van der Waals surface area (Å²) >= 11 is 0. The van der Waals surface area contributed by atoms with Crippen molar-refractivity contribution < 1.29 is 24.5 Å². The highest BCUT2D eigenvalue weighted by molar-refractivity contribution is 6.08. The molecule has 190 valence electrons. The van der Waals surface area contributed by atoms with Crippen molar-refractivity contribution in [3.63, 3.8) is 0 Å². The van der Waals surface area contributed by atoms with Gasteiger partial charge in [-0.05, 0) is 44.0 Å². The van der Waals surface area contributed by atoms with Gasteiger partial charge in [0, 0.05) is 29.1 Å². The summed E-state index contributed by atoms with van der Waals surface area (Å²) < 4.78 is 5.99. The maximum Gasteiger partial charge on any atom is 0.290 e. The van der Waals surface area contributed by atoms with Crippen LogP contribution in [0.15, 0.2) is 54.7 Å². The van der Waals surface area contributed by atoms with Gasteiger partial charge < -0.3 is 31.0 Å². The lowest BCUT2D eigenvalue weighted by molar-refractivity contribution is -0.122. The fourth-order valence-corrected chi connectivity index (χ4v) is 3.36. The number of aliphatic hydroxyl groups is 1. The van der Waals surface area contributed by atoms with Gasteiger partial charge in [-0.2, -0.15) is 0 Å². The Morgan fingerprint density at radius 3 is 2.23 bits per heavy atom. The molecule has 2 aromatic rings. The summed E-state index contributed by atoms with van der Waals surface area (Å²) in [6.07, 6.45) is 6.99. The number of nitrogens with zero attached hydrogens (tertiary/aromatic N) is 1. The van der Waals surface area contributed by atoms with Crippen LogP contribution in [0.25, 0.3) is 5.57 Å². The molecule has 35 heavy (non-hydrogen) atoms. The molecule has 0 unspecified atom stereocenters. The number of unbranched alkanes of at least 4 members (excludes halogenated alkanes) is 3. The van der Waals surface area contributed by atoms with E-state index in [1.165, 1.54) is 30.2 Å². The van der Waals surface area contributed by atoms with E-state index in [0.717, 1.165) is 29.7 Å². The zero-order valence-corrected chi connectivity index (χ0v) is 20.7. The molecular weight excluding hydrogens is 446 g/mol. The molecule has 2 rings (SSSR count). The largest absolute Gasteiger partial charge is 0.493 e. The molecule has 0 saturated carbocycles. The molecule has 0 aromatic heterocycles. The van der Waals surface area contributed by atoms with Crippen molar-refractivity contribution in [1.82, 2.24) is 4.90 Å². The third-order valence-corrected chi connectivity index (χ3v) is 5.26. The summed E-state index contributed by atoms with van der Waals surface area (Å²) in [6.45, 7) is 5.95. The lowest BCUT2D eigenvalue weighted by Crippen LogP contribution is -2.47. The summed E-state index contributed by atoms with van der Waals surface area (Å²) in [5, 5.41) is 25.1. The molecule has 0 saturated heterocycles. The van der Waals surface area contributed by atoms with Crippen molar-refractivity contribution in [2.24, 2.45) is 5.73 Å². The second kappa shape index (κ2) is 15.3. The van der Waals surface area contributed by atoms with Gasteiger partial charge in [0.15, 0.2) is 0 Å². The average molecular weight is 484 g/mol. The SMILES string of the molecule is CCCCCCOc1ccccc1CN(C(=O)c1ccc(/C(C=N)=C/N)cc1)C(C)(C)O.O=CO. The van der Waals surface area contributed by atoms with Crippen LogP contribution in [0.2, 0.25) is 0 Å². The monoisotopic (exact) mass is 483 g/mol. The Morgan fingerprint density at radius 1 is 1.09 bits per heavy atom. The van der Waals surface area contributed by atoms with E-state index < -0.39 is 5.72 Å². The lowest BCUT2D eigenvalue weighted by Gasteiger charge is -2.34. The van der Waals surface area contributed by atoms with Crippen molar-refractivity contribution in [2.45, 2.75) is 58.7 Å². The minimum atomic E-state index is -1.37. The number of carbonyl (C=O) groups is 2. The fraction of sp³-hybridized carbons (Fsp3) is 0.370. The molecule has 8 nitrogen and oxygen atoms in total. The normalized spacial score (nSPS) is 11.1. The molecule has 0 bridgehead atoms. The van der Waals surface area contributed by atoms with Gasteiger partial charge in [-0.3, -0.25) is 9.59 Å². The van der Waals surface area contributed by atoms with Crippen LogP contribution in [-0.2, 0) is 11.3 Å². The van der Waals surface area contributed by atoms with Crippen LogP contribution in [0.1, 0.15) is 67.9 Å². The number of hydrogen-bond acceptors (Lipinski definition) is 6. The van der Waals surface area contributed by atoms with Crippen molar-refractivity contribution in [3.8, 4) is 5.75 Å². The summed E-state index contributed by atoms with van der Waals surface area (Å²) in [5.41, 5.74) is 6.76. The van der Waals surface area contributed by atoms with Crippen LogP contribution in [0, 0.1) is 5.41 Å². The standard InChI is InChI=1S/C26H35N3O3.CH2O2/c1-4-5-6-9-16-32-24-11-8-7-10-22(24)19-29(26(2,3)31)25(30)21-14-12-20(13-15-21)23(17-27)18-28;2-1-3/h7-8,10-15,17-18,27,31H,4-6,9,16,19,28H2,1-3H3;1H,(H,2,3)/b23-18+,27-17?;. The first-order valence-corrected chi connectivity index (χ1v) is 11.6. The van der Waals surface area contributed by atoms with E-state index >= 15 is 0 Å². The lowest BCUT2D eigenvalue weighted by atomic mass is 10.0. The molecule has 0 aliphatic rings. The van der Waals surface area contributed by atoms with Gasteiger partial charge >= 0.3 is 0 Å². The number of carbonyl (C=O) groups excluding carboxylic acids is 1. The van der Waals surface area contributed by atoms with Gasteiger partial charge in [-0.25, -0.2) is 0 Å². The summed E-state index contributed by atoms with van der Waals surface area (Å²) in [5.74, 6) is 0.431. The first-order chi connectivity index (χ1) is 16.7. The van der Waals surface area contributed by atoms with Crippen molar-refractivity contribution >= 4 is 24.2 Å². The Kier molecular flexibility index (Phi) is 12.8. The van der Waals surface area contributed by atoms with Crippen molar-refractivity contribution in [2.75, 3.05) is 6.61 Å². The summed E-state index contributed by atoms with van der Waals surface area (Å²) in [7, 11) is 0. The molecule has 0 aliphatic carbocycles. The van der Waals surface area contributed by atoms with E-state index in [4.69, 9.17) is 25.8 Å². The Balaban J connectivity index is 0.00000194. The van der Waals surface area contributed by atoms with E-state index in [1.54, 1.807) is 38.1 Å². The quantitative estimate of drug-likeness (QED) is 0.150. The molecule has 5 N–H and O–H groups in total. The predicted octanol–water partition coefficient (Wildman–Crippen LogP) is 4.67. The molecule has 2 aromatic carbocycles. The minimum absolute atomic E-state index is 0.212. The summed E-state index contributed by atoms with van der Waals surface area (Å²) in [6, 6.07) is 14.5. The Bertz CT molecular complexity index is 966. The van der Waals surface area contributed by atoms with E-state index in [9.17, 15) is 9.90 Å². The molecule has 0 spiro atoms.